The smallest absolute Gasteiger partial charge is 0.248 e. The molecule has 134 valence electrons. The monoisotopic (exact) mass is 345 g/mol. The van der Waals surface area contributed by atoms with Crippen LogP contribution in [0.15, 0.2) is 30.3 Å². The van der Waals surface area contributed by atoms with Crippen LogP contribution >= 0.6 is 0 Å². The fraction of sp³-hybridized carbons (Fsp3) is 0.500. The molecule has 2 aliphatic rings. The summed E-state index contributed by atoms with van der Waals surface area (Å²) in [6.07, 6.45) is 0.651. The standard InChI is InChI=1S/C18H23N3O4/c1-14(22)21-10-16(23)20(15-6-4-3-5-7-15)13-18(21)8-9-19(12-18)17(24)11-25-2/h3-7H,8-13H2,1-2H3/t18-/m0/s1. The van der Waals surface area contributed by atoms with Crippen molar-refractivity contribution in [3.05, 3.63) is 30.3 Å². The maximum Gasteiger partial charge on any atom is 0.248 e. The Morgan fingerprint density at radius 3 is 2.56 bits per heavy atom. The third kappa shape index (κ3) is 3.24. The van der Waals surface area contributed by atoms with Crippen LogP contribution in [0, 0.1) is 0 Å². The van der Waals surface area contributed by atoms with E-state index in [9.17, 15) is 14.4 Å². The summed E-state index contributed by atoms with van der Waals surface area (Å²) in [7, 11) is 1.49. The van der Waals surface area contributed by atoms with Crippen molar-refractivity contribution in [2.75, 3.05) is 44.8 Å². The molecule has 1 aromatic rings. The summed E-state index contributed by atoms with van der Waals surface area (Å²) in [5.74, 6) is -0.332. The molecule has 1 aromatic carbocycles. The van der Waals surface area contributed by atoms with Crippen LogP contribution in [0.3, 0.4) is 0 Å². The SMILES string of the molecule is COCC(=O)N1CC[C@]2(C1)CN(c1ccccc1)C(=O)CN2C(C)=O. The molecular formula is C18H23N3O4. The number of piperazine rings is 1. The van der Waals surface area contributed by atoms with Crippen LogP contribution in [0.5, 0.6) is 0 Å². The third-order valence-electron chi connectivity index (χ3n) is 5.02. The van der Waals surface area contributed by atoms with E-state index in [0.717, 1.165) is 5.69 Å². The van der Waals surface area contributed by atoms with E-state index < -0.39 is 5.54 Å². The highest BCUT2D eigenvalue weighted by atomic mass is 16.5. The highest BCUT2D eigenvalue weighted by Crippen LogP contribution is 2.34. The molecule has 0 aromatic heterocycles. The Kier molecular flexibility index (Phi) is 4.76. The van der Waals surface area contributed by atoms with Gasteiger partial charge in [0.1, 0.15) is 13.2 Å². The summed E-state index contributed by atoms with van der Waals surface area (Å²) in [5.41, 5.74) is 0.274. The molecule has 2 aliphatic heterocycles. The second-order valence-corrected chi connectivity index (χ2v) is 6.64. The Hall–Kier alpha value is -2.41. The van der Waals surface area contributed by atoms with E-state index in [4.69, 9.17) is 4.74 Å². The average Bonchev–Trinajstić information content (AvgIpc) is 3.02. The second kappa shape index (κ2) is 6.84. The number of ether oxygens (including phenoxy) is 1. The zero-order chi connectivity index (χ0) is 18.0. The van der Waals surface area contributed by atoms with Crippen LogP contribution < -0.4 is 4.90 Å². The van der Waals surface area contributed by atoms with E-state index in [0.29, 0.717) is 26.1 Å². The number of rotatable bonds is 3. The van der Waals surface area contributed by atoms with Crippen LogP contribution in [-0.2, 0) is 19.1 Å². The summed E-state index contributed by atoms with van der Waals surface area (Å²) < 4.78 is 4.94. The van der Waals surface area contributed by atoms with Crippen molar-refractivity contribution in [2.45, 2.75) is 18.9 Å². The van der Waals surface area contributed by atoms with Crippen LogP contribution in [0.1, 0.15) is 13.3 Å². The zero-order valence-electron chi connectivity index (χ0n) is 14.6. The van der Waals surface area contributed by atoms with Crippen molar-refractivity contribution < 1.29 is 19.1 Å². The Morgan fingerprint density at radius 1 is 1.20 bits per heavy atom. The van der Waals surface area contributed by atoms with Crippen molar-refractivity contribution in [1.82, 2.24) is 9.80 Å². The van der Waals surface area contributed by atoms with E-state index in [1.807, 2.05) is 30.3 Å². The van der Waals surface area contributed by atoms with Crippen LogP contribution in [-0.4, -0.2) is 73.0 Å². The molecular weight excluding hydrogens is 322 g/mol. The molecule has 0 N–H and O–H groups in total. The van der Waals surface area contributed by atoms with Crippen molar-refractivity contribution in [1.29, 1.82) is 0 Å². The quantitative estimate of drug-likeness (QED) is 0.800. The lowest BCUT2D eigenvalue weighted by molar-refractivity contribution is -0.143. The molecule has 3 amide bonds. The second-order valence-electron chi connectivity index (χ2n) is 6.64. The Balaban J connectivity index is 1.88. The Bertz CT molecular complexity index is 678. The molecule has 1 spiro atoms. The highest BCUT2D eigenvalue weighted by Gasteiger charge is 2.51. The number of carbonyl (C=O) groups is 3. The van der Waals surface area contributed by atoms with Gasteiger partial charge in [-0.05, 0) is 18.6 Å². The van der Waals surface area contributed by atoms with E-state index in [2.05, 4.69) is 0 Å². The van der Waals surface area contributed by atoms with E-state index >= 15 is 0 Å². The number of anilines is 1. The number of carbonyl (C=O) groups excluding carboxylic acids is 3. The number of likely N-dealkylation sites (tertiary alicyclic amines) is 1. The average molecular weight is 345 g/mol. The third-order valence-corrected chi connectivity index (χ3v) is 5.02. The van der Waals surface area contributed by atoms with Gasteiger partial charge in [-0.25, -0.2) is 0 Å². The predicted molar refractivity (Wildman–Crippen MR) is 92.0 cm³/mol. The van der Waals surface area contributed by atoms with Crippen LogP contribution in [0.25, 0.3) is 0 Å². The first-order valence-corrected chi connectivity index (χ1v) is 8.37. The maximum atomic E-state index is 12.6. The Labute approximate surface area is 147 Å². The van der Waals surface area contributed by atoms with Crippen molar-refractivity contribution in [3.8, 4) is 0 Å². The van der Waals surface area contributed by atoms with Gasteiger partial charge in [-0.3, -0.25) is 14.4 Å². The molecule has 7 heteroatoms. The van der Waals surface area contributed by atoms with Gasteiger partial charge >= 0.3 is 0 Å². The van der Waals surface area contributed by atoms with E-state index in [-0.39, 0.29) is 30.9 Å². The minimum absolute atomic E-state index is 0.0253. The molecule has 2 heterocycles. The van der Waals surface area contributed by atoms with Gasteiger partial charge in [0.15, 0.2) is 0 Å². The van der Waals surface area contributed by atoms with Crippen molar-refractivity contribution >= 4 is 23.4 Å². The first-order chi connectivity index (χ1) is 12.0. The van der Waals surface area contributed by atoms with Crippen molar-refractivity contribution in [3.63, 3.8) is 0 Å². The van der Waals surface area contributed by atoms with Crippen LogP contribution in [0.2, 0.25) is 0 Å². The van der Waals surface area contributed by atoms with Crippen molar-refractivity contribution in [2.24, 2.45) is 0 Å². The normalized spacial score (nSPS) is 23.4. The molecule has 3 rings (SSSR count). The fourth-order valence-corrected chi connectivity index (χ4v) is 3.78. The summed E-state index contributed by atoms with van der Waals surface area (Å²) >= 11 is 0. The lowest BCUT2D eigenvalue weighted by Crippen LogP contribution is -2.67. The zero-order valence-corrected chi connectivity index (χ0v) is 14.6. The molecule has 0 radical (unpaired) electrons. The largest absolute Gasteiger partial charge is 0.375 e. The lowest BCUT2D eigenvalue weighted by atomic mass is 9.91. The number of methoxy groups -OCH3 is 1. The predicted octanol–water partition coefficient (Wildman–Crippen LogP) is 0.499. The first-order valence-electron chi connectivity index (χ1n) is 8.37. The van der Waals surface area contributed by atoms with Gasteiger partial charge in [0.2, 0.25) is 17.7 Å². The summed E-state index contributed by atoms with van der Waals surface area (Å²) in [6.45, 7) is 2.92. The number of hydrogen-bond donors (Lipinski definition) is 0. The number of benzene rings is 1. The lowest BCUT2D eigenvalue weighted by Gasteiger charge is -2.48. The number of nitrogens with zero attached hydrogens (tertiary/aromatic N) is 3. The Morgan fingerprint density at radius 2 is 1.92 bits per heavy atom. The number of amides is 3. The molecule has 2 fully saturated rings. The van der Waals surface area contributed by atoms with Gasteiger partial charge in [0.05, 0.1) is 12.1 Å². The van der Waals surface area contributed by atoms with Gasteiger partial charge in [-0.15, -0.1) is 0 Å². The minimum atomic E-state index is -0.543. The molecule has 1 atom stereocenters. The topological polar surface area (TPSA) is 70.2 Å². The first kappa shape index (κ1) is 17.4. The number of hydrogen-bond acceptors (Lipinski definition) is 4. The summed E-state index contributed by atoms with van der Waals surface area (Å²) in [5, 5.41) is 0. The maximum absolute atomic E-state index is 12.6. The van der Waals surface area contributed by atoms with Crippen LogP contribution in [0.4, 0.5) is 5.69 Å². The summed E-state index contributed by atoms with van der Waals surface area (Å²) in [6, 6.07) is 9.44. The van der Waals surface area contributed by atoms with E-state index in [1.165, 1.54) is 14.0 Å². The number of para-hydroxylation sites is 1. The molecule has 0 unspecified atom stereocenters. The van der Waals surface area contributed by atoms with Gasteiger partial charge < -0.3 is 19.4 Å². The minimum Gasteiger partial charge on any atom is -0.375 e. The summed E-state index contributed by atoms with van der Waals surface area (Å²) in [4.78, 5) is 42.0. The van der Waals surface area contributed by atoms with Gasteiger partial charge in [-0.2, -0.15) is 0 Å². The van der Waals surface area contributed by atoms with Gasteiger partial charge in [0.25, 0.3) is 0 Å². The molecule has 7 nitrogen and oxygen atoms in total. The molecule has 0 saturated carbocycles. The van der Waals surface area contributed by atoms with Gasteiger partial charge in [0, 0.05) is 32.8 Å². The molecule has 25 heavy (non-hydrogen) atoms. The molecule has 0 aliphatic carbocycles. The molecule has 2 saturated heterocycles. The highest BCUT2D eigenvalue weighted by molar-refractivity contribution is 5.98. The van der Waals surface area contributed by atoms with E-state index in [1.54, 1.807) is 14.7 Å². The fourth-order valence-electron chi connectivity index (χ4n) is 3.78. The van der Waals surface area contributed by atoms with Gasteiger partial charge in [-0.1, -0.05) is 18.2 Å². The molecule has 0 bridgehead atoms.